The van der Waals surface area contributed by atoms with Crippen molar-refractivity contribution in [2.24, 2.45) is 11.8 Å². The van der Waals surface area contributed by atoms with E-state index in [9.17, 15) is 9.59 Å². The summed E-state index contributed by atoms with van der Waals surface area (Å²) in [5.74, 6) is -0.541. The highest BCUT2D eigenvalue weighted by atomic mass is 16.4. The summed E-state index contributed by atoms with van der Waals surface area (Å²) in [5, 5.41) is 9.15. The quantitative estimate of drug-likeness (QED) is 0.863. The van der Waals surface area contributed by atoms with E-state index in [0.29, 0.717) is 37.8 Å². The number of nitrogens with zero attached hydrogens (tertiary/aromatic N) is 1. The van der Waals surface area contributed by atoms with Crippen LogP contribution in [0.2, 0.25) is 0 Å². The van der Waals surface area contributed by atoms with E-state index in [1.165, 1.54) is 5.56 Å². The molecule has 0 radical (unpaired) electrons. The van der Waals surface area contributed by atoms with Crippen LogP contribution in [0.4, 0.5) is 0 Å². The molecule has 0 unspecified atom stereocenters. The van der Waals surface area contributed by atoms with Crippen LogP contribution in [0.1, 0.15) is 63.0 Å². The Bertz CT molecular complexity index is 604. The van der Waals surface area contributed by atoms with Gasteiger partial charge in [-0.1, -0.05) is 38.1 Å². The molecule has 0 spiro atoms. The minimum atomic E-state index is -0.757. The monoisotopic (exact) mass is 329 g/mol. The maximum atomic E-state index is 12.9. The van der Waals surface area contributed by atoms with Gasteiger partial charge < -0.3 is 10.0 Å². The van der Waals surface area contributed by atoms with Gasteiger partial charge in [0.1, 0.15) is 0 Å². The van der Waals surface area contributed by atoms with Crippen molar-refractivity contribution in [1.82, 2.24) is 4.90 Å². The van der Waals surface area contributed by atoms with Gasteiger partial charge in [0.05, 0.1) is 5.92 Å². The number of carbonyl (C=O) groups is 2. The van der Waals surface area contributed by atoms with Crippen molar-refractivity contribution in [1.29, 1.82) is 0 Å². The number of hydrogen-bond donors (Lipinski definition) is 1. The number of aliphatic carboxylic acids is 1. The van der Waals surface area contributed by atoms with Gasteiger partial charge in [-0.25, -0.2) is 0 Å². The Labute approximate surface area is 143 Å². The minimum absolute atomic E-state index is 0.110. The largest absolute Gasteiger partial charge is 0.481 e. The highest BCUT2D eigenvalue weighted by Crippen LogP contribution is 2.36. The Balaban J connectivity index is 1.66. The first kappa shape index (κ1) is 17.0. The molecule has 1 amide bonds. The van der Waals surface area contributed by atoms with Crippen molar-refractivity contribution in [2.75, 3.05) is 0 Å². The summed E-state index contributed by atoms with van der Waals surface area (Å²) < 4.78 is 0. The van der Waals surface area contributed by atoms with E-state index in [0.717, 1.165) is 18.4 Å². The average Bonchev–Trinajstić information content (AvgIpc) is 3.27. The zero-order valence-corrected chi connectivity index (χ0v) is 14.6. The van der Waals surface area contributed by atoms with Crippen molar-refractivity contribution in [3.8, 4) is 0 Å². The molecule has 2 aliphatic carbocycles. The van der Waals surface area contributed by atoms with E-state index < -0.39 is 5.97 Å². The molecular formula is C20H27NO3. The lowest BCUT2D eigenvalue weighted by Gasteiger charge is -2.26. The highest BCUT2D eigenvalue weighted by molar-refractivity contribution is 5.81. The van der Waals surface area contributed by atoms with Gasteiger partial charge in [0.2, 0.25) is 5.91 Å². The zero-order chi connectivity index (χ0) is 17.3. The van der Waals surface area contributed by atoms with Crippen molar-refractivity contribution in [3.05, 3.63) is 35.4 Å². The number of carbonyl (C=O) groups excluding carboxylic acids is 1. The Morgan fingerprint density at radius 3 is 2.21 bits per heavy atom. The number of carboxylic acids is 1. The van der Waals surface area contributed by atoms with E-state index >= 15 is 0 Å². The lowest BCUT2D eigenvalue weighted by Crippen LogP contribution is -2.36. The van der Waals surface area contributed by atoms with Crippen LogP contribution in [0.25, 0.3) is 0 Å². The van der Waals surface area contributed by atoms with Crippen molar-refractivity contribution < 1.29 is 14.7 Å². The fourth-order valence-electron chi connectivity index (χ4n) is 3.64. The lowest BCUT2D eigenvalue weighted by molar-refractivity contribution is -0.141. The Hall–Kier alpha value is -1.84. The second-order valence-electron chi connectivity index (χ2n) is 7.64. The van der Waals surface area contributed by atoms with Crippen molar-refractivity contribution in [2.45, 2.75) is 64.5 Å². The maximum absolute atomic E-state index is 12.9. The summed E-state index contributed by atoms with van der Waals surface area (Å²) >= 11 is 0. The number of hydrogen-bond acceptors (Lipinski definition) is 2. The third-order valence-electron chi connectivity index (χ3n) is 5.40. The summed E-state index contributed by atoms with van der Waals surface area (Å²) in [6.07, 6.45) is 4.00. The van der Waals surface area contributed by atoms with Gasteiger partial charge in [-0.2, -0.15) is 0 Å². The predicted molar refractivity (Wildman–Crippen MR) is 92.6 cm³/mol. The molecule has 0 heterocycles. The molecule has 0 aliphatic heterocycles. The first-order valence-corrected chi connectivity index (χ1v) is 9.08. The van der Waals surface area contributed by atoms with Gasteiger partial charge in [0.25, 0.3) is 0 Å². The summed E-state index contributed by atoms with van der Waals surface area (Å²) in [4.78, 5) is 26.0. The number of amides is 1. The van der Waals surface area contributed by atoms with Crippen LogP contribution < -0.4 is 0 Å². The van der Waals surface area contributed by atoms with Gasteiger partial charge >= 0.3 is 5.97 Å². The van der Waals surface area contributed by atoms with Gasteiger partial charge in [-0.05, 0) is 49.1 Å². The Morgan fingerprint density at radius 1 is 1.08 bits per heavy atom. The van der Waals surface area contributed by atoms with E-state index in [2.05, 4.69) is 38.1 Å². The molecule has 0 aromatic heterocycles. The molecule has 4 nitrogen and oxygen atoms in total. The van der Waals surface area contributed by atoms with Gasteiger partial charge in [-0.15, -0.1) is 0 Å². The van der Waals surface area contributed by atoms with Crippen LogP contribution in [0, 0.1) is 11.8 Å². The molecule has 1 aromatic carbocycles. The normalized spacial score (nSPS) is 23.5. The Morgan fingerprint density at radius 2 is 1.71 bits per heavy atom. The first-order chi connectivity index (χ1) is 11.5. The third-order valence-corrected chi connectivity index (χ3v) is 5.40. The van der Waals surface area contributed by atoms with E-state index in [1.807, 2.05) is 4.90 Å². The van der Waals surface area contributed by atoms with Crippen molar-refractivity contribution >= 4 is 11.9 Å². The smallest absolute Gasteiger partial charge is 0.306 e. The number of benzene rings is 1. The first-order valence-electron chi connectivity index (χ1n) is 9.08. The minimum Gasteiger partial charge on any atom is -0.481 e. The molecule has 0 saturated heterocycles. The number of carboxylic acid groups (broad SMARTS) is 1. The highest BCUT2D eigenvalue weighted by Gasteiger charge is 2.40. The van der Waals surface area contributed by atoms with Crippen LogP contribution in [0.5, 0.6) is 0 Å². The van der Waals surface area contributed by atoms with E-state index in [1.54, 1.807) is 0 Å². The molecular weight excluding hydrogens is 302 g/mol. The second kappa shape index (κ2) is 6.96. The molecule has 2 aliphatic rings. The fourth-order valence-corrected chi connectivity index (χ4v) is 3.64. The topological polar surface area (TPSA) is 57.6 Å². The summed E-state index contributed by atoms with van der Waals surface area (Å²) in [6, 6.07) is 8.88. The Kier molecular flexibility index (Phi) is 4.93. The number of rotatable bonds is 6. The fraction of sp³-hybridized carbons (Fsp3) is 0.600. The average molecular weight is 329 g/mol. The van der Waals surface area contributed by atoms with Crippen LogP contribution in [0.3, 0.4) is 0 Å². The molecule has 2 atom stereocenters. The van der Waals surface area contributed by atoms with Crippen molar-refractivity contribution in [3.63, 3.8) is 0 Å². The maximum Gasteiger partial charge on any atom is 0.306 e. The SMILES string of the molecule is CC(C)c1ccc(CN(C(=O)[C@@H]2CC[C@H](C(=O)O)C2)C2CC2)cc1. The van der Waals surface area contributed by atoms with Crippen LogP contribution in [-0.2, 0) is 16.1 Å². The van der Waals surface area contributed by atoms with Crippen LogP contribution in [0.15, 0.2) is 24.3 Å². The summed E-state index contributed by atoms with van der Waals surface area (Å²) in [6.45, 7) is 5.00. The molecule has 0 bridgehead atoms. The van der Waals surface area contributed by atoms with Crippen LogP contribution >= 0.6 is 0 Å². The molecule has 1 aromatic rings. The standard InChI is InChI=1S/C20H27NO3/c1-13(2)15-5-3-14(4-6-15)12-21(18-9-10-18)19(22)16-7-8-17(11-16)20(23)24/h3-6,13,16-18H,7-12H2,1-2H3,(H,23,24)/t16-,17+/m1/s1. The van der Waals surface area contributed by atoms with Gasteiger partial charge in [0, 0.05) is 18.5 Å². The molecule has 1 N–H and O–H groups in total. The van der Waals surface area contributed by atoms with Gasteiger partial charge in [0.15, 0.2) is 0 Å². The predicted octanol–water partition coefficient (Wildman–Crippen LogP) is 3.80. The van der Waals surface area contributed by atoms with Crippen LogP contribution in [-0.4, -0.2) is 27.9 Å². The van der Waals surface area contributed by atoms with E-state index in [-0.39, 0.29) is 17.7 Å². The zero-order valence-electron chi connectivity index (χ0n) is 14.6. The third kappa shape index (κ3) is 3.80. The lowest BCUT2D eigenvalue weighted by atomic mass is 10.0. The second-order valence-corrected chi connectivity index (χ2v) is 7.64. The molecule has 2 fully saturated rings. The molecule has 3 rings (SSSR count). The summed E-state index contributed by atoms with van der Waals surface area (Å²) in [7, 11) is 0. The summed E-state index contributed by atoms with van der Waals surface area (Å²) in [5.41, 5.74) is 2.47. The van der Waals surface area contributed by atoms with E-state index in [4.69, 9.17) is 5.11 Å². The molecule has 4 heteroatoms. The van der Waals surface area contributed by atoms with Gasteiger partial charge in [-0.3, -0.25) is 9.59 Å². The molecule has 24 heavy (non-hydrogen) atoms. The molecule has 2 saturated carbocycles. The molecule has 130 valence electrons.